The first-order valence-corrected chi connectivity index (χ1v) is 13.7. The summed E-state index contributed by atoms with van der Waals surface area (Å²) in [5, 5.41) is 2.85. The lowest BCUT2D eigenvalue weighted by atomic mass is 10.1. The summed E-state index contributed by atoms with van der Waals surface area (Å²) < 4.78 is 60.4. The summed E-state index contributed by atoms with van der Waals surface area (Å²) in [5.41, 5.74) is 11.9. The van der Waals surface area contributed by atoms with Crippen LogP contribution in [0.1, 0.15) is 17.3 Å². The number of carbonyl (C=O) groups is 2. The quantitative estimate of drug-likeness (QED) is 0.122. The van der Waals surface area contributed by atoms with Crippen LogP contribution in [0.2, 0.25) is 0 Å². The Balaban J connectivity index is 1.60. The zero-order valence-electron chi connectivity index (χ0n) is 22.7. The van der Waals surface area contributed by atoms with Gasteiger partial charge in [-0.15, -0.1) is 13.2 Å². The molecule has 1 aromatic rings. The third-order valence-corrected chi connectivity index (χ3v) is 6.78. The van der Waals surface area contributed by atoms with Gasteiger partial charge in [-0.3, -0.25) is 20.0 Å². The Bertz CT molecular complexity index is 1110. The van der Waals surface area contributed by atoms with Crippen LogP contribution in [0.5, 0.6) is 5.75 Å². The van der Waals surface area contributed by atoms with Crippen molar-refractivity contribution in [3.8, 4) is 5.75 Å². The number of rotatable bonds is 9. The first-order valence-electron chi connectivity index (χ1n) is 12.9. The molecule has 17 heteroatoms. The number of nitrogens with two attached hydrogens (primary N) is 2. The maximum Gasteiger partial charge on any atom is 0.573 e. The Morgan fingerprint density at radius 1 is 1.17 bits per heavy atom. The van der Waals surface area contributed by atoms with Gasteiger partial charge in [-0.2, -0.15) is 4.99 Å². The SMILES string of the molecule is CCOC(=O)N1CC[N+](=C(N)SC(N)=NC(=O)c2ccc(OC(F)(F)F)c(NCOCCN3CCOCC3)c2)CC1. The Morgan fingerprint density at radius 2 is 1.88 bits per heavy atom. The fourth-order valence-electron chi connectivity index (χ4n) is 3.92. The van der Waals surface area contributed by atoms with E-state index >= 15 is 0 Å². The van der Waals surface area contributed by atoms with Gasteiger partial charge < -0.3 is 34.9 Å². The predicted octanol–water partition coefficient (Wildman–Crippen LogP) is 1.29. The number of aliphatic imine (C=N–C) groups is 1. The fourth-order valence-corrected chi connectivity index (χ4v) is 4.57. The number of ether oxygens (including phenoxy) is 4. The molecular weight excluding hydrogens is 571 g/mol. The molecule has 41 heavy (non-hydrogen) atoms. The van der Waals surface area contributed by atoms with Crippen LogP contribution in [0.15, 0.2) is 23.2 Å². The number of piperazine rings is 1. The standard InChI is InChI=1S/C24H34F3N7O6S/c1-2-39-23(36)34-7-5-33(6-8-34)22(29)41-21(28)31-20(35)17-3-4-19(40-24(25,26)27)18(15-17)30-16-38-14-11-32-9-12-37-13-10-32/h3-4,15,29-30H,2,5-14,16H2,1H3,(H2,28,31,35)/p+1. The minimum absolute atomic E-state index is 0.0273. The Hall–Kier alpha value is -3.28. The number of nitrogens with zero attached hydrogens (tertiary/aromatic N) is 4. The summed E-state index contributed by atoms with van der Waals surface area (Å²) in [7, 11) is 0. The zero-order valence-corrected chi connectivity index (χ0v) is 23.5. The summed E-state index contributed by atoms with van der Waals surface area (Å²) >= 11 is 0.867. The first kappa shape index (κ1) is 32.2. The molecule has 0 aromatic heterocycles. The van der Waals surface area contributed by atoms with Crippen LogP contribution >= 0.6 is 11.8 Å². The molecule has 2 aliphatic rings. The van der Waals surface area contributed by atoms with Crippen molar-refractivity contribution in [1.29, 1.82) is 0 Å². The van der Waals surface area contributed by atoms with Crippen molar-refractivity contribution < 1.29 is 46.3 Å². The number of halogens is 3. The highest BCUT2D eigenvalue weighted by Gasteiger charge is 2.32. The van der Waals surface area contributed by atoms with Crippen molar-refractivity contribution in [3.63, 3.8) is 0 Å². The van der Waals surface area contributed by atoms with E-state index in [-0.39, 0.29) is 34.9 Å². The number of benzene rings is 1. The van der Waals surface area contributed by atoms with Crippen LogP contribution in [0.25, 0.3) is 0 Å². The molecule has 0 saturated carbocycles. The van der Waals surface area contributed by atoms with Gasteiger partial charge in [-0.05, 0) is 25.1 Å². The van der Waals surface area contributed by atoms with Crippen molar-refractivity contribution in [2.45, 2.75) is 13.3 Å². The van der Waals surface area contributed by atoms with E-state index in [9.17, 15) is 22.8 Å². The van der Waals surface area contributed by atoms with Crippen LogP contribution in [-0.4, -0.2) is 122 Å². The van der Waals surface area contributed by atoms with Crippen LogP contribution in [0.4, 0.5) is 23.7 Å². The normalized spacial score (nSPS) is 16.8. The molecule has 13 nitrogen and oxygen atoms in total. The number of anilines is 1. The van der Waals surface area contributed by atoms with Crippen molar-refractivity contribution in [3.05, 3.63) is 23.8 Å². The lowest BCUT2D eigenvalue weighted by Crippen LogP contribution is -2.47. The van der Waals surface area contributed by atoms with E-state index in [1.807, 2.05) is 0 Å². The highest BCUT2D eigenvalue weighted by atomic mass is 32.2. The molecule has 2 heterocycles. The summed E-state index contributed by atoms with van der Waals surface area (Å²) in [6, 6.07) is 3.34. The second-order valence-corrected chi connectivity index (χ2v) is 9.85. The number of hydrogen-bond acceptors (Lipinski definition) is 9. The lowest BCUT2D eigenvalue weighted by Gasteiger charge is -2.26. The Morgan fingerprint density at radius 3 is 2.54 bits per heavy atom. The molecule has 2 saturated heterocycles. The van der Waals surface area contributed by atoms with Crippen molar-refractivity contribution in [2.24, 2.45) is 16.5 Å². The van der Waals surface area contributed by atoms with Gasteiger partial charge in [0.1, 0.15) is 19.8 Å². The Kier molecular flexibility index (Phi) is 12.3. The molecule has 2 fully saturated rings. The molecule has 3 rings (SSSR count). The summed E-state index contributed by atoms with van der Waals surface area (Å²) in [4.78, 5) is 32.1. The number of morpholine rings is 1. The highest BCUT2D eigenvalue weighted by molar-refractivity contribution is 8.26. The van der Waals surface area contributed by atoms with Crippen molar-refractivity contribution in [1.82, 2.24) is 9.80 Å². The minimum atomic E-state index is -4.94. The molecule has 5 N–H and O–H groups in total. The topological polar surface area (TPSA) is 157 Å². The van der Waals surface area contributed by atoms with Gasteiger partial charge in [0.05, 0.1) is 45.2 Å². The third kappa shape index (κ3) is 10.9. The van der Waals surface area contributed by atoms with Gasteiger partial charge >= 0.3 is 17.6 Å². The maximum absolute atomic E-state index is 12.9. The minimum Gasteiger partial charge on any atom is -0.450 e. The second kappa shape index (κ2) is 15.6. The summed E-state index contributed by atoms with van der Waals surface area (Å²) in [6.45, 7) is 7.38. The van der Waals surface area contributed by atoms with E-state index in [2.05, 4.69) is 19.9 Å². The molecule has 0 atom stereocenters. The van der Waals surface area contributed by atoms with E-state index in [0.29, 0.717) is 52.5 Å². The highest BCUT2D eigenvalue weighted by Crippen LogP contribution is 2.31. The summed E-state index contributed by atoms with van der Waals surface area (Å²) in [5.74, 6) is -1.32. The molecule has 228 valence electrons. The molecule has 0 bridgehead atoms. The number of hydrogen-bond donors (Lipinski definition) is 3. The second-order valence-electron chi connectivity index (χ2n) is 8.81. The average molecular weight is 607 g/mol. The largest absolute Gasteiger partial charge is 0.573 e. The number of alkyl halides is 3. The predicted molar refractivity (Wildman–Crippen MR) is 146 cm³/mol. The molecule has 1 aromatic carbocycles. The number of thioether (sulfide) groups is 1. The van der Waals surface area contributed by atoms with E-state index in [0.717, 1.165) is 37.0 Å². The van der Waals surface area contributed by atoms with Crippen molar-refractivity contribution in [2.75, 3.05) is 84.3 Å². The average Bonchev–Trinajstić information content (AvgIpc) is 2.93. The monoisotopic (exact) mass is 606 g/mol. The van der Waals surface area contributed by atoms with Gasteiger partial charge in [0.2, 0.25) is 0 Å². The van der Waals surface area contributed by atoms with Crippen LogP contribution in [0.3, 0.4) is 0 Å². The first-order chi connectivity index (χ1) is 19.6. The number of carbonyl (C=O) groups excluding carboxylic acids is 2. The number of amides is 2. The molecule has 2 amide bonds. The summed E-state index contributed by atoms with van der Waals surface area (Å²) in [6.07, 6.45) is -5.34. The molecule has 0 spiro atoms. The van der Waals surface area contributed by atoms with Crippen LogP contribution in [0, 0.1) is 0 Å². The fraction of sp³-hybridized carbons (Fsp3) is 0.583. The van der Waals surface area contributed by atoms with Gasteiger partial charge in [0.15, 0.2) is 10.9 Å². The maximum atomic E-state index is 12.9. The molecule has 0 unspecified atom stereocenters. The van der Waals surface area contributed by atoms with Gasteiger partial charge in [-0.1, -0.05) is 0 Å². The smallest absolute Gasteiger partial charge is 0.450 e. The Labute approximate surface area is 239 Å². The lowest BCUT2D eigenvalue weighted by molar-refractivity contribution is -0.536. The third-order valence-electron chi connectivity index (χ3n) is 6.01. The molecule has 0 aliphatic carbocycles. The van der Waals surface area contributed by atoms with Gasteiger partial charge in [0.25, 0.3) is 5.91 Å². The molecular formula is C24H35F3N7O6S+. The van der Waals surface area contributed by atoms with Crippen LogP contribution < -0.4 is 21.5 Å². The molecule has 2 aliphatic heterocycles. The van der Waals surface area contributed by atoms with Gasteiger partial charge in [-0.25, -0.2) is 4.79 Å². The van der Waals surface area contributed by atoms with E-state index in [1.165, 1.54) is 6.07 Å². The van der Waals surface area contributed by atoms with Crippen LogP contribution in [-0.2, 0) is 14.2 Å². The molecule has 0 radical (unpaired) electrons. The van der Waals surface area contributed by atoms with E-state index < -0.39 is 24.1 Å². The van der Waals surface area contributed by atoms with E-state index in [1.54, 1.807) is 16.4 Å². The van der Waals surface area contributed by atoms with E-state index in [4.69, 9.17) is 25.7 Å². The van der Waals surface area contributed by atoms with Gasteiger partial charge in [0, 0.05) is 37.0 Å². The van der Waals surface area contributed by atoms with Crippen molar-refractivity contribution >= 4 is 39.8 Å². The number of amidine groups is 2. The number of nitrogens with one attached hydrogen (secondary N) is 1. The zero-order chi connectivity index (χ0) is 29.8.